The van der Waals surface area contributed by atoms with Crippen molar-refractivity contribution in [1.82, 2.24) is 4.90 Å². The monoisotopic (exact) mass is 316 g/mol. The number of unbranched alkanes of at least 4 members (excludes halogenated alkanes) is 1. The molecule has 0 saturated carbocycles. The molecule has 1 heterocycles. The summed E-state index contributed by atoms with van der Waals surface area (Å²) in [6.45, 7) is 0.559. The molecule has 1 aliphatic heterocycles. The third kappa shape index (κ3) is 5.81. The molecule has 1 fully saturated rings. The zero-order valence-corrected chi connectivity index (χ0v) is 13.6. The first-order valence-electron chi connectivity index (χ1n) is 8.48. The van der Waals surface area contributed by atoms with Gasteiger partial charge in [0.05, 0.1) is 18.8 Å². The molecule has 1 aromatic carbocycles. The number of aliphatic hydroxyl groups excluding tert-OH is 1. The highest BCUT2D eigenvalue weighted by atomic mass is 16.3. The molecular weight excluding hydrogens is 290 g/mol. The molecule has 2 rings (SSSR count). The van der Waals surface area contributed by atoms with E-state index in [1.54, 1.807) is 6.08 Å². The maximum atomic E-state index is 12.1. The summed E-state index contributed by atoms with van der Waals surface area (Å²) in [7, 11) is 0. The van der Waals surface area contributed by atoms with Gasteiger partial charge in [-0.05, 0) is 31.2 Å². The summed E-state index contributed by atoms with van der Waals surface area (Å²) < 4.78 is 0. The van der Waals surface area contributed by atoms with Crippen LogP contribution in [-0.2, 0) is 16.3 Å². The van der Waals surface area contributed by atoms with Crippen LogP contribution in [0.1, 0.15) is 37.7 Å². The second-order valence-electron chi connectivity index (χ2n) is 6.10. The van der Waals surface area contributed by atoms with E-state index in [0.29, 0.717) is 25.8 Å². The van der Waals surface area contributed by atoms with Crippen LogP contribution in [0.2, 0.25) is 0 Å². The molecular formula is C19H26NO3. The van der Waals surface area contributed by atoms with Crippen molar-refractivity contribution in [2.45, 2.75) is 50.7 Å². The van der Waals surface area contributed by atoms with E-state index in [2.05, 4.69) is 0 Å². The number of likely N-dealkylation sites (tertiary alicyclic amines) is 1. The summed E-state index contributed by atoms with van der Waals surface area (Å²) in [5.41, 5.74) is 1.09. The molecule has 0 aliphatic carbocycles. The third-order valence-corrected chi connectivity index (χ3v) is 4.25. The van der Waals surface area contributed by atoms with Gasteiger partial charge in [0.2, 0.25) is 5.91 Å². The Bertz CT molecular complexity index is 501. The Labute approximate surface area is 138 Å². The van der Waals surface area contributed by atoms with Gasteiger partial charge in [0.25, 0.3) is 0 Å². The van der Waals surface area contributed by atoms with E-state index in [9.17, 15) is 15.0 Å². The Morgan fingerprint density at radius 3 is 2.78 bits per heavy atom. The van der Waals surface area contributed by atoms with E-state index < -0.39 is 6.10 Å². The van der Waals surface area contributed by atoms with Crippen molar-refractivity contribution >= 4 is 5.91 Å². The first kappa shape index (κ1) is 17.7. The summed E-state index contributed by atoms with van der Waals surface area (Å²) in [5.74, 6) is 0.161. The van der Waals surface area contributed by atoms with Gasteiger partial charge in [-0.25, -0.2) is 5.11 Å². The van der Waals surface area contributed by atoms with Gasteiger partial charge in [0, 0.05) is 19.4 Å². The maximum absolute atomic E-state index is 12.1. The fraction of sp³-hybridized carbons (Fsp3) is 0.526. The van der Waals surface area contributed by atoms with Crippen molar-refractivity contribution < 1.29 is 15.0 Å². The number of hydrogen-bond acceptors (Lipinski definition) is 2. The van der Waals surface area contributed by atoms with Crippen LogP contribution in [0.25, 0.3) is 0 Å². The van der Waals surface area contributed by atoms with E-state index in [4.69, 9.17) is 0 Å². The fourth-order valence-electron chi connectivity index (χ4n) is 3.00. The number of aliphatic hydroxyl groups is 1. The van der Waals surface area contributed by atoms with Crippen LogP contribution in [0.3, 0.4) is 0 Å². The second kappa shape index (κ2) is 9.48. The lowest BCUT2D eigenvalue weighted by Gasteiger charge is -2.34. The minimum atomic E-state index is -0.544. The van der Waals surface area contributed by atoms with Gasteiger partial charge < -0.3 is 10.0 Å². The van der Waals surface area contributed by atoms with E-state index >= 15 is 0 Å². The van der Waals surface area contributed by atoms with Crippen LogP contribution in [0.4, 0.5) is 0 Å². The number of piperidine rings is 1. The lowest BCUT2D eigenvalue weighted by molar-refractivity contribution is -0.135. The molecule has 0 aromatic heterocycles. The third-order valence-electron chi connectivity index (χ3n) is 4.25. The summed E-state index contributed by atoms with van der Waals surface area (Å²) in [4.78, 5) is 14.0. The largest absolute Gasteiger partial charge is 0.389 e. The molecule has 1 aromatic rings. The van der Waals surface area contributed by atoms with E-state index in [0.717, 1.165) is 24.8 Å². The zero-order valence-electron chi connectivity index (χ0n) is 13.6. The molecule has 1 aliphatic rings. The van der Waals surface area contributed by atoms with Crippen molar-refractivity contribution in [1.29, 1.82) is 0 Å². The standard InChI is InChI=1S/C19H26NO3/c21-14-5-4-13-20-17(9-6-10-19(20)23)11-12-18(22)15-16-7-2-1-3-8-16/h1-3,7-8,11-12,17-18,22H,4-6,9-10,13-15H2/b12-11+/t17?,18-/m0/s1. The molecule has 4 nitrogen and oxygen atoms in total. The van der Waals surface area contributed by atoms with Crippen molar-refractivity contribution in [3.05, 3.63) is 48.0 Å². The molecule has 1 unspecified atom stereocenters. The Kier molecular flexibility index (Phi) is 7.30. The normalized spacial score (nSPS) is 20.2. The van der Waals surface area contributed by atoms with Gasteiger partial charge in [-0.1, -0.05) is 42.5 Å². The SMILES string of the molecule is [O]CCCCN1C(=O)CCCC1/C=C/[C@H](O)Cc1ccccc1. The molecule has 125 valence electrons. The quantitative estimate of drug-likeness (QED) is 0.592. The number of rotatable bonds is 8. The van der Waals surface area contributed by atoms with Crippen LogP contribution < -0.4 is 0 Å². The predicted octanol–water partition coefficient (Wildman–Crippen LogP) is 2.74. The average molecular weight is 316 g/mol. The van der Waals surface area contributed by atoms with Crippen LogP contribution in [-0.4, -0.2) is 41.2 Å². The number of nitrogens with zero attached hydrogens (tertiary/aromatic N) is 1. The molecule has 4 heteroatoms. The number of benzene rings is 1. The van der Waals surface area contributed by atoms with Crippen LogP contribution in [0.15, 0.2) is 42.5 Å². The molecule has 1 amide bonds. The molecule has 23 heavy (non-hydrogen) atoms. The Morgan fingerprint density at radius 2 is 2.04 bits per heavy atom. The van der Waals surface area contributed by atoms with Crippen molar-refractivity contribution in [2.75, 3.05) is 13.2 Å². The topological polar surface area (TPSA) is 60.4 Å². The molecule has 1 N–H and O–H groups in total. The number of hydrogen-bond donors (Lipinski definition) is 1. The second-order valence-corrected chi connectivity index (χ2v) is 6.10. The molecule has 1 saturated heterocycles. The first-order valence-corrected chi connectivity index (χ1v) is 8.48. The molecule has 0 spiro atoms. The average Bonchev–Trinajstić information content (AvgIpc) is 2.56. The maximum Gasteiger partial charge on any atom is 0.223 e. The molecule has 2 atom stereocenters. The van der Waals surface area contributed by atoms with Crippen molar-refractivity contribution in [3.8, 4) is 0 Å². The van der Waals surface area contributed by atoms with Crippen LogP contribution >= 0.6 is 0 Å². The fourth-order valence-corrected chi connectivity index (χ4v) is 3.00. The number of amides is 1. The van der Waals surface area contributed by atoms with Gasteiger partial charge >= 0.3 is 0 Å². The van der Waals surface area contributed by atoms with E-state index in [-0.39, 0.29) is 18.6 Å². The van der Waals surface area contributed by atoms with Crippen LogP contribution in [0.5, 0.6) is 0 Å². The lowest BCUT2D eigenvalue weighted by Crippen LogP contribution is -2.43. The van der Waals surface area contributed by atoms with Crippen LogP contribution in [0, 0.1) is 0 Å². The first-order chi connectivity index (χ1) is 11.2. The molecule has 0 bridgehead atoms. The van der Waals surface area contributed by atoms with Crippen molar-refractivity contribution in [3.63, 3.8) is 0 Å². The van der Waals surface area contributed by atoms with Gasteiger partial charge in [0.15, 0.2) is 0 Å². The number of carbonyl (C=O) groups excluding carboxylic acids is 1. The summed E-state index contributed by atoms with van der Waals surface area (Å²) in [6.07, 6.45) is 7.57. The van der Waals surface area contributed by atoms with Gasteiger partial charge in [0.1, 0.15) is 0 Å². The van der Waals surface area contributed by atoms with E-state index in [1.807, 2.05) is 41.3 Å². The number of carbonyl (C=O) groups is 1. The Hall–Kier alpha value is -1.65. The van der Waals surface area contributed by atoms with E-state index in [1.165, 1.54) is 0 Å². The summed E-state index contributed by atoms with van der Waals surface area (Å²) in [6, 6.07) is 9.92. The smallest absolute Gasteiger partial charge is 0.223 e. The Balaban J connectivity index is 1.90. The molecule has 1 radical (unpaired) electrons. The highest BCUT2D eigenvalue weighted by Crippen LogP contribution is 2.20. The highest BCUT2D eigenvalue weighted by Gasteiger charge is 2.25. The highest BCUT2D eigenvalue weighted by molar-refractivity contribution is 5.77. The zero-order chi connectivity index (χ0) is 16.5. The van der Waals surface area contributed by atoms with Crippen molar-refractivity contribution in [2.24, 2.45) is 0 Å². The minimum absolute atomic E-state index is 0.0494. The lowest BCUT2D eigenvalue weighted by atomic mass is 9.99. The summed E-state index contributed by atoms with van der Waals surface area (Å²) in [5, 5.41) is 20.7. The van der Waals surface area contributed by atoms with Gasteiger partial charge in [-0.2, -0.15) is 0 Å². The predicted molar refractivity (Wildman–Crippen MR) is 89.4 cm³/mol. The van der Waals surface area contributed by atoms with Gasteiger partial charge in [-0.15, -0.1) is 0 Å². The Morgan fingerprint density at radius 1 is 1.26 bits per heavy atom. The minimum Gasteiger partial charge on any atom is -0.389 e. The summed E-state index contributed by atoms with van der Waals surface area (Å²) >= 11 is 0. The van der Waals surface area contributed by atoms with Gasteiger partial charge in [-0.3, -0.25) is 4.79 Å².